The van der Waals surface area contributed by atoms with E-state index in [1.54, 1.807) is 0 Å². The number of aromatic nitrogens is 1. The van der Waals surface area contributed by atoms with Crippen LogP contribution in [0.3, 0.4) is 0 Å². The number of hydrogen-bond donors (Lipinski definition) is 1. The minimum Gasteiger partial charge on any atom is -0.361 e. The lowest BCUT2D eigenvalue weighted by atomic mass is 10.1. The first kappa shape index (κ1) is 11.7. The van der Waals surface area contributed by atoms with Gasteiger partial charge in [0.25, 0.3) is 0 Å². The van der Waals surface area contributed by atoms with Crippen molar-refractivity contribution >= 4 is 10.9 Å². The van der Waals surface area contributed by atoms with Gasteiger partial charge in [0.1, 0.15) is 0 Å². The Balaban J connectivity index is 1.47. The van der Waals surface area contributed by atoms with Gasteiger partial charge in [-0.15, -0.1) is 0 Å². The van der Waals surface area contributed by atoms with E-state index in [0.717, 1.165) is 26.1 Å². The van der Waals surface area contributed by atoms with Crippen molar-refractivity contribution in [2.24, 2.45) is 0 Å². The van der Waals surface area contributed by atoms with Crippen LogP contribution >= 0.6 is 0 Å². The molecule has 0 amide bonds. The van der Waals surface area contributed by atoms with E-state index in [1.165, 1.54) is 27.6 Å². The lowest BCUT2D eigenvalue weighted by Gasteiger charge is -2.14. The number of aromatic amines is 1. The van der Waals surface area contributed by atoms with Crippen LogP contribution in [0.1, 0.15) is 16.7 Å². The van der Waals surface area contributed by atoms with E-state index in [-0.39, 0.29) is 0 Å². The molecule has 0 saturated carbocycles. The monoisotopic (exact) mass is 262 g/mol. The molecule has 20 heavy (non-hydrogen) atoms. The lowest BCUT2D eigenvalue weighted by Crippen LogP contribution is -2.19. The minimum atomic E-state index is 1.10. The first-order valence-corrected chi connectivity index (χ1v) is 7.24. The summed E-state index contributed by atoms with van der Waals surface area (Å²) in [7, 11) is 0. The van der Waals surface area contributed by atoms with E-state index in [1.807, 2.05) is 0 Å². The molecule has 3 aromatic rings. The van der Waals surface area contributed by atoms with Gasteiger partial charge in [0.2, 0.25) is 0 Å². The first-order valence-electron chi connectivity index (χ1n) is 7.24. The van der Waals surface area contributed by atoms with Gasteiger partial charge in [-0.1, -0.05) is 42.5 Å². The second kappa shape index (κ2) is 4.80. The van der Waals surface area contributed by atoms with Crippen molar-refractivity contribution in [3.05, 3.63) is 71.4 Å². The molecule has 1 N–H and O–H groups in total. The summed E-state index contributed by atoms with van der Waals surface area (Å²) >= 11 is 0. The van der Waals surface area contributed by atoms with Gasteiger partial charge in [0, 0.05) is 36.7 Å². The molecule has 0 saturated heterocycles. The van der Waals surface area contributed by atoms with Crippen LogP contribution in [0.15, 0.2) is 54.7 Å². The number of nitrogens with one attached hydrogen (secondary N) is 1. The zero-order valence-corrected chi connectivity index (χ0v) is 11.5. The summed E-state index contributed by atoms with van der Waals surface area (Å²) in [5.41, 5.74) is 5.65. The third-order valence-corrected chi connectivity index (χ3v) is 4.28. The quantitative estimate of drug-likeness (QED) is 0.762. The van der Waals surface area contributed by atoms with Crippen molar-refractivity contribution in [2.45, 2.75) is 19.5 Å². The third kappa shape index (κ3) is 2.02. The van der Waals surface area contributed by atoms with E-state index in [9.17, 15) is 0 Å². The smallest absolute Gasteiger partial charge is 0.0456 e. The largest absolute Gasteiger partial charge is 0.361 e. The van der Waals surface area contributed by atoms with Gasteiger partial charge in [-0.3, -0.25) is 4.90 Å². The minimum absolute atomic E-state index is 1.10. The molecule has 1 aliphatic rings. The summed E-state index contributed by atoms with van der Waals surface area (Å²) in [6.45, 7) is 3.31. The van der Waals surface area contributed by atoms with Crippen molar-refractivity contribution in [1.29, 1.82) is 0 Å². The Morgan fingerprint density at radius 1 is 0.900 bits per heavy atom. The Hall–Kier alpha value is -2.06. The van der Waals surface area contributed by atoms with Crippen LogP contribution in [0, 0.1) is 0 Å². The summed E-state index contributed by atoms with van der Waals surface area (Å²) in [5, 5.41) is 1.37. The summed E-state index contributed by atoms with van der Waals surface area (Å²) < 4.78 is 0. The maximum Gasteiger partial charge on any atom is 0.0456 e. The molecule has 0 aliphatic carbocycles. The van der Waals surface area contributed by atoms with Crippen LogP contribution in [0.2, 0.25) is 0 Å². The molecular weight excluding hydrogens is 244 g/mol. The molecule has 2 heterocycles. The Morgan fingerprint density at radius 2 is 1.60 bits per heavy atom. The molecule has 4 rings (SSSR count). The van der Waals surface area contributed by atoms with Crippen molar-refractivity contribution < 1.29 is 0 Å². The molecule has 1 aromatic heterocycles. The Morgan fingerprint density at radius 3 is 2.40 bits per heavy atom. The summed E-state index contributed by atoms with van der Waals surface area (Å²) in [5.74, 6) is 0. The van der Waals surface area contributed by atoms with E-state index in [4.69, 9.17) is 0 Å². The van der Waals surface area contributed by atoms with Crippen molar-refractivity contribution in [1.82, 2.24) is 9.88 Å². The standard InChI is InChI=1S/C18H18N2/c1-2-6-16-13-20(12-15(16)5-1)10-9-14-11-19-18-8-4-3-7-17(14)18/h1-8,11,19H,9-10,12-13H2. The lowest BCUT2D eigenvalue weighted by molar-refractivity contribution is 0.288. The highest BCUT2D eigenvalue weighted by Gasteiger charge is 2.17. The Labute approximate surface area is 119 Å². The van der Waals surface area contributed by atoms with Gasteiger partial charge < -0.3 is 4.98 Å². The van der Waals surface area contributed by atoms with Gasteiger partial charge in [-0.2, -0.15) is 0 Å². The Bertz CT molecular complexity index is 717. The Kier molecular flexibility index (Phi) is 2.82. The highest BCUT2D eigenvalue weighted by molar-refractivity contribution is 5.83. The molecule has 0 fully saturated rings. The van der Waals surface area contributed by atoms with Gasteiger partial charge in [0.15, 0.2) is 0 Å². The van der Waals surface area contributed by atoms with Crippen LogP contribution in [0.5, 0.6) is 0 Å². The normalized spacial score (nSPS) is 14.8. The molecule has 0 radical (unpaired) electrons. The maximum absolute atomic E-state index is 3.36. The van der Waals surface area contributed by atoms with Crippen LogP contribution in [0.4, 0.5) is 0 Å². The summed E-state index contributed by atoms with van der Waals surface area (Å²) in [4.78, 5) is 5.90. The topological polar surface area (TPSA) is 19.0 Å². The molecule has 2 nitrogen and oxygen atoms in total. The van der Waals surface area contributed by atoms with Crippen LogP contribution < -0.4 is 0 Å². The molecule has 2 aromatic carbocycles. The van der Waals surface area contributed by atoms with Crippen LogP contribution in [0.25, 0.3) is 10.9 Å². The van der Waals surface area contributed by atoms with E-state index >= 15 is 0 Å². The number of para-hydroxylation sites is 1. The van der Waals surface area contributed by atoms with Crippen LogP contribution in [-0.4, -0.2) is 16.4 Å². The number of hydrogen-bond acceptors (Lipinski definition) is 1. The van der Waals surface area contributed by atoms with Gasteiger partial charge in [-0.25, -0.2) is 0 Å². The molecule has 100 valence electrons. The fourth-order valence-corrected chi connectivity index (χ4v) is 3.18. The highest BCUT2D eigenvalue weighted by atomic mass is 15.1. The second-order valence-electron chi connectivity index (χ2n) is 5.59. The summed E-state index contributed by atoms with van der Waals surface area (Å²) in [6, 6.07) is 17.3. The van der Waals surface area contributed by atoms with E-state index in [2.05, 4.69) is 64.6 Å². The van der Waals surface area contributed by atoms with Crippen molar-refractivity contribution in [2.75, 3.05) is 6.54 Å². The van der Waals surface area contributed by atoms with Gasteiger partial charge in [-0.05, 0) is 29.2 Å². The fraction of sp³-hybridized carbons (Fsp3) is 0.222. The predicted molar refractivity (Wildman–Crippen MR) is 82.6 cm³/mol. The SMILES string of the molecule is c1ccc2c(c1)CN(CCc1c[nH]c3ccccc13)C2. The van der Waals surface area contributed by atoms with Gasteiger partial charge >= 0.3 is 0 Å². The molecule has 1 aliphatic heterocycles. The van der Waals surface area contributed by atoms with Crippen molar-refractivity contribution in [3.8, 4) is 0 Å². The predicted octanol–water partition coefficient (Wildman–Crippen LogP) is 3.73. The first-order chi connectivity index (χ1) is 9.90. The highest BCUT2D eigenvalue weighted by Crippen LogP contribution is 2.23. The zero-order valence-electron chi connectivity index (χ0n) is 11.5. The average Bonchev–Trinajstić information content (AvgIpc) is 3.08. The van der Waals surface area contributed by atoms with Crippen molar-refractivity contribution in [3.63, 3.8) is 0 Å². The summed E-state index contributed by atoms with van der Waals surface area (Å²) in [6.07, 6.45) is 3.27. The van der Waals surface area contributed by atoms with Crippen LogP contribution in [-0.2, 0) is 19.5 Å². The molecule has 2 heteroatoms. The molecule has 0 spiro atoms. The molecule has 0 bridgehead atoms. The second-order valence-corrected chi connectivity index (χ2v) is 5.59. The van der Waals surface area contributed by atoms with E-state index in [0.29, 0.717) is 0 Å². The number of fused-ring (bicyclic) bond motifs is 2. The zero-order chi connectivity index (χ0) is 13.4. The molecule has 0 unspecified atom stereocenters. The average molecular weight is 262 g/mol. The number of rotatable bonds is 3. The van der Waals surface area contributed by atoms with E-state index < -0.39 is 0 Å². The number of nitrogens with zero attached hydrogens (tertiary/aromatic N) is 1. The fourth-order valence-electron chi connectivity index (χ4n) is 3.18. The molecular formula is C18H18N2. The number of H-pyrrole nitrogens is 1. The molecule has 0 atom stereocenters. The number of benzene rings is 2. The third-order valence-electron chi connectivity index (χ3n) is 4.28. The maximum atomic E-state index is 3.36. The van der Waals surface area contributed by atoms with Gasteiger partial charge in [0.05, 0.1) is 0 Å².